The standard InChI is InChI=1S/C15H13ClN2O3/c16-11-7-13-14(21-5-4-20-13)8-12(11)18-15(19)9-2-1-3-10(17)6-9/h1-3,6-8H,4-5,17H2,(H,18,19). The molecule has 0 fully saturated rings. The molecule has 0 unspecified atom stereocenters. The zero-order chi connectivity index (χ0) is 14.8. The fourth-order valence-electron chi connectivity index (χ4n) is 2.03. The Bertz CT molecular complexity index is 703. The lowest BCUT2D eigenvalue weighted by molar-refractivity contribution is 0.102. The lowest BCUT2D eigenvalue weighted by Crippen LogP contribution is -2.17. The minimum Gasteiger partial charge on any atom is -0.486 e. The van der Waals surface area contributed by atoms with Crippen LogP contribution in [0.3, 0.4) is 0 Å². The second-order valence-corrected chi connectivity index (χ2v) is 4.96. The number of benzene rings is 2. The molecule has 6 heteroatoms. The fraction of sp³-hybridized carbons (Fsp3) is 0.133. The third-order valence-corrected chi connectivity index (χ3v) is 3.34. The average Bonchev–Trinajstić information content (AvgIpc) is 2.48. The molecule has 2 aromatic carbocycles. The number of nitrogens with two attached hydrogens (primary N) is 1. The van der Waals surface area contributed by atoms with Crippen LogP contribution in [-0.4, -0.2) is 19.1 Å². The minimum absolute atomic E-state index is 0.291. The molecule has 1 aliphatic heterocycles. The average molecular weight is 305 g/mol. The Morgan fingerprint density at radius 1 is 1.14 bits per heavy atom. The third kappa shape index (κ3) is 2.87. The molecule has 5 nitrogen and oxygen atoms in total. The molecule has 0 saturated carbocycles. The van der Waals surface area contributed by atoms with Gasteiger partial charge in [0.05, 0.1) is 10.7 Å². The number of fused-ring (bicyclic) bond motifs is 1. The highest BCUT2D eigenvalue weighted by Gasteiger charge is 2.16. The number of carbonyl (C=O) groups excluding carboxylic acids is 1. The Kier molecular flexibility index (Phi) is 3.58. The zero-order valence-electron chi connectivity index (χ0n) is 11.1. The van der Waals surface area contributed by atoms with E-state index >= 15 is 0 Å². The summed E-state index contributed by atoms with van der Waals surface area (Å²) in [6.45, 7) is 0.954. The van der Waals surface area contributed by atoms with Crippen LogP contribution >= 0.6 is 11.6 Å². The molecule has 108 valence electrons. The van der Waals surface area contributed by atoms with E-state index in [4.69, 9.17) is 26.8 Å². The van der Waals surface area contributed by atoms with Gasteiger partial charge in [-0.3, -0.25) is 4.79 Å². The first-order valence-corrected chi connectivity index (χ1v) is 6.77. The fourth-order valence-corrected chi connectivity index (χ4v) is 2.24. The lowest BCUT2D eigenvalue weighted by Gasteiger charge is -2.20. The number of halogens is 1. The Morgan fingerprint density at radius 3 is 2.57 bits per heavy atom. The maximum atomic E-state index is 12.2. The van der Waals surface area contributed by atoms with E-state index in [2.05, 4.69) is 5.32 Å². The number of carbonyl (C=O) groups is 1. The summed E-state index contributed by atoms with van der Waals surface area (Å²) in [4.78, 5) is 12.2. The van der Waals surface area contributed by atoms with Crippen LogP contribution in [0.25, 0.3) is 0 Å². The largest absolute Gasteiger partial charge is 0.486 e. The van der Waals surface area contributed by atoms with Gasteiger partial charge in [0.1, 0.15) is 13.2 Å². The SMILES string of the molecule is Nc1cccc(C(=O)Nc2cc3c(cc2Cl)OCCO3)c1. The molecule has 0 spiro atoms. The number of ether oxygens (including phenoxy) is 2. The van der Waals surface area contributed by atoms with Crippen molar-refractivity contribution in [1.29, 1.82) is 0 Å². The van der Waals surface area contributed by atoms with Crippen LogP contribution in [0.4, 0.5) is 11.4 Å². The molecule has 0 radical (unpaired) electrons. The second-order valence-electron chi connectivity index (χ2n) is 4.56. The van der Waals surface area contributed by atoms with Crippen molar-refractivity contribution in [1.82, 2.24) is 0 Å². The van der Waals surface area contributed by atoms with Gasteiger partial charge in [-0.05, 0) is 18.2 Å². The zero-order valence-corrected chi connectivity index (χ0v) is 11.8. The molecule has 1 amide bonds. The van der Waals surface area contributed by atoms with Crippen molar-refractivity contribution < 1.29 is 14.3 Å². The Hall–Kier alpha value is -2.40. The molecule has 1 aliphatic rings. The van der Waals surface area contributed by atoms with E-state index in [0.717, 1.165) is 0 Å². The summed E-state index contributed by atoms with van der Waals surface area (Å²) in [6, 6.07) is 9.99. The number of rotatable bonds is 2. The van der Waals surface area contributed by atoms with Crippen LogP contribution in [0.5, 0.6) is 11.5 Å². The highest BCUT2D eigenvalue weighted by atomic mass is 35.5. The Morgan fingerprint density at radius 2 is 1.86 bits per heavy atom. The van der Waals surface area contributed by atoms with Gasteiger partial charge in [0.15, 0.2) is 11.5 Å². The van der Waals surface area contributed by atoms with Crippen LogP contribution in [0, 0.1) is 0 Å². The van der Waals surface area contributed by atoms with Gasteiger partial charge in [0.25, 0.3) is 5.91 Å². The normalized spacial score (nSPS) is 12.8. The number of anilines is 2. The predicted molar refractivity (Wildman–Crippen MR) is 81.2 cm³/mol. The van der Waals surface area contributed by atoms with Crippen molar-refractivity contribution in [2.75, 3.05) is 24.3 Å². The predicted octanol–water partition coefficient (Wildman–Crippen LogP) is 2.95. The first-order valence-electron chi connectivity index (χ1n) is 6.39. The smallest absolute Gasteiger partial charge is 0.255 e. The van der Waals surface area contributed by atoms with Crippen LogP contribution in [0.2, 0.25) is 5.02 Å². The monoisotopic (exact) mass is 304 g/mol. The molecule has 0 atom stereocenters. The summed E-state index contributed by atoms with van der Waals surface area (Å²) < 4.78 is 10.9. The summed E-state index contributed by atoms with van der Waals surface area (Å²) >= 11 is 6.15. The highest BCUT2D eigenvalue weighted by molar-refractivity contribution is 6.34. The Labute approximate surface area is 126 Å². The van der Waals surface area contributed by atoms with E-state index in [1.165, 1.54) is 0 Å². The number of nitrogens with one attached hydrogen (secondary N) is 1. The van der Waals surface area contributed by atoms with E-state index in [9.17, 15) is 4.79 Å². The van der Waals surface area contributed by atoms with Gasteiger partial charge in [-0.25, -0.2) is 0 Å². The molecule has 0 bridgehead atoms. The van der Waals surface area contributed by atoms with Crippen molar-refractivity contribution >= 4 is 28.9 Å². The first-order chi connectivity index (χ1) is 10.1. The van der Waals surface area contributed by atoms with Gasteiger partial charge in [-0.2, -0.15) is 0 Å². The molecule has 21 heavy (non-hydrogen) atoms. The van der Waals surface area contributed by atoms with Crippen LogP contribution in [0.1, 0.15) is 10.4 Å². The van der Waals surface area contributed by atoms with Crippen LogP contribution in [-0.2, 0) is 0 Å². The van der Waals surface area contributed by atoms with Gasteiger partial charge < -0.3 is 20.5 Å². The first kappa shape index (κ1) is 13.6. The molecule has 1 heterocycles. The quantitative estimate of drug-likeness (QED) is 0.837. The van der Waals surface area contributed by atoms with Crippen molar-refractivity contribution in [3.05, 3.63) is 47.0 Å². The molecular formula is C15H13ClN2O3. The van der Waals surface area contributed by atoms with E-state index in [-0.39, 0.29) is 5.91 Å². The summed E-state index contributed by atoms with van der Waals surface area (Å²) in [5, 5.41) is 3.13. The van der Waals surface area contributed by atoms with Crippen LogP contribution in [0.15, 0.2) is 36.4 Å². The van der Waals surface area contributed by atoms with E-state index in [0.29, 0.717) is 46.7 Å². The number of nitrogen functional groups attached to an aromatic ring is 1. The van der Waals surface area contributed by atoms with Crippen LogP contribution < -0.4 is 20.5 Å². The maximum Gasteiger partial charge on any atom is 0.255 e. The van der Waals surface area contributed by atoms with Gasteiger partial charge in [0, 0.05) is 23.4 Å². The summed E-state index contributed by atoms with van der Waals surface area (Å²) in [5.74, 6) is 0.850. The minimum atomic E-state index is -0.291. The van der Waals surface area contributed by atoms with Gasteiger partial charge in [0.2, 0.25) is 0 Å². The van der Waals surface area contributed by atoms with Crippen molar-refractivity contribution in [3.8, 4) is 11.5 Å². The maximum absolute atomic E-state index is 12.2. The molecular weight excluding hydrogens is 292 g/mol. The van der Waals surface area contributed by atoms with Crippen molar-refractivity contribution in [2.24, 2.45) is 0 Å². The molecule has 3 rings (SSSR count). The van der Waals surface area contributed by atoms with E-state index < -0.39 is 0 Å². The second kappa shape index (κ2) is 5.54. The number of hydrogen-bond acceptors (Lipinski definition) is 4. The molecule has 0 saturated heterocycles. The molecule has 0 aliphatic carbocycles. The van der Waals surface area contributed by atoms with E-state index in [1.807, 2.05) is 0 Å². The van der Waals surface area contributed by atoms with E-state index in [1.54, 1.807) is 36.4 Å². The summed E-state index contributed by atoms with van der Waals surface area (Å²) in [6.07, 6.45) is 0. The third-order valence-electron chi connectivity index (χ3n) is 3.03. The Balaban J connectivity index is 1.86. The van der Waals surface area contributed by atoms with Crippen molar-refractivity contribution in [2.45, 2.75) is 0 Å². The highest BCUT2D eigenvalue weighted by Crippen LogP contribution is 2.38. The summed E-state index contributed by atoms with van der Waals surface area (Å²) in [5.41, 5.74) is 7.12. The topological polar surface area (TPSA) is 73.6 Å². The molecule has 2 aromatic rings. The summed E-state index contributed by atoms with van der Waals surface area (Å²) in [7, 11) is 0. The lowest BCUT2D eigenvalue weighted by atomic mass is 10.2. The number of amides is 1. The molecule has 3 N–H and O–H groups in total. The van der Waals surface area contributed by atoms with Gasteiger partial charge in [-0.15, -0.1) is 0 Å². The van der Waals surface area contributed by atoms with Gasteiger partial charge in [-0.1, -0.05) is 17.7 Å². The number of hydrogen-bond donors (Lipinski definition) is 2. The van der Waals surface area contributed by atoms with Gasteiger partial charge >= 0.3 is 0 Å². The van der Waals surface area contributed by atoms with Crippen molar-refractivity contribution in [3.63, 3.8) is 0 Å². The molecule has 0 aromatic heterocycles.